The number of fused-ring (bicyclic) bond motifs is 1. The van der Waals surface area contributed by atoms with Crippen LogP contribution in [0.4, 0.5) is 0 Å². The third-order valence-electron chi connectivity index (χ3n) is 5.84. The fourth-order valence-corrected chi connectivity index (χ4v) is 3.84. The van der Waals surface area contributed by atoms with Gasteiger partial charge >= 0.3 is 0 Å². The minimum absolute atomic E-state index is 0.0831. The van der Waals surface area contributed by atoms with E-state index < -0.39 is 0 Å². The summed E-state index contributed by atoms with van der Waals surface area (Å²) in [6, 6.07) is 6.63. The molecule has 1 unspecified atom stereocenters. The number of ether oxygens (including phenoxy) is 3. The first-order chi connectivity index (χ1) is 13.9. The van der Waals surface area contributed by atoms with Gasteiger partial charge in [0.15, 0.2) is 17.5 Å². The molecule has 2 aliphatic rings. The van der Waals surface area contributed by atoms with E-state index in [4.69, 9.17) is 14.2 Å². The van der Waals surface area contributed by atoms with Gasteiger partial charge in [-0.15, -0.1) is 0 Å². The van der Waals surface area contributed by atoms with Crippen molar-refractivity contribution in [3.8, 4) is 11.5 Å². The highest BCUT2D eigenvalue weighted by Gasteiger charge is 2.26. The van der Waals surface area contributed by atoms with Crippen LogP contribution >= 0.6 is 0 Å². The summed E-state index contributed by atoms with van der Waals surface area (Å²) in [5.41, 5.74) is 1.12. The molecule has 162 valence electrons. The molecule has 0 aromatic heterocycles. The smallest absolute Gasteiger partial charge is 0.231 e. The van der Waals surface area contributed by atoms with Crippen LogP contribution in [0, 0.1) is 5.92 Å². The molecule has 0 saturated carbocycles. The van der Waals surface area contributed by atoms with Crippen LogP contribution in [0.3, 0.4) is 0 Å². The normalized spacial score (nSPS) is 18.8. The van der Waals surface area contributed by atoms with E-state index in [9.17, 15) is 0 Å². The van der Waals surface area contributed by atoms with Crippen LogP contribution in [0.2, 0.25) is 0 Å². The largest absolute Gasteiger partial charge is 0.454 e. The van der Waals surface area contributed by atoms with Gasteiger partial charge in [0.25, 0.3) is 0 Å². The molecule has 29 heavy (non-hydrogen) atoms. The van der Waals surface area contributed by atoms with Crippen molar-refractivity contribution >= 4 is 5.96 Å². The quantitative estimate of drug-likeness (QED) is 0.537. The van der Waals surface area contributed by atoms with Gasteiger partial charge in [-0.25, -0.2) is 0 Å². The first kappa shape index (κ1) is 21.7. The van der Waals surface area contributed by atoms with E-state index in [0.717, 1.165) is 56.9 Å². The molecule has 1 fully saturated rings. The maximum Gasteiger partial charge on any atom is 0.231 e. The second-order valence-corrected chi connectivity index (χ2v) is 8.72. The average Bonchev–Trinajstić information content (AvgIpc) is 3.19. The van der Waals surface area contributed by atoms with Crippen LogP contribution in [-0.2, 0) is 10.2 Å². The molecule has 1 atom stereocenters. The SMILES string of the molecule is CN=C(NCC(C(C)C)N1CCOCC1)NCC(C)(C)c1ccc2c(c1)OCO2. The number of benzene rings is 1. The average molecular weight is 405 g/mol. The predicted molar refractivity (Wildman–Crippen MR) is 116 cm³/mol. The number of nitrogens with zero attached hydrogens (tertiary/aromatic N) is 2. The summed E-state index contributed by atoms with van der Waals surface area (Å²) >= 11 is 0. The molecule has 2 heterocycles. The predicted octanol–water partition coefficient (Wildman–Crippen LogP) is 2.21. The van der Waals surface area contributed by atoms with E-state index >= 15 is 0 Å². The van der Waals surface area contributed by atoms with Crippen molar-refractivity contribution in [2.24, 2.45) is 10.9 Å². The molecule has 0 bridgehead atoms. The van der Waals surface area contributed by atoms with Gasteiger partial charge in [-0.3, -0.25) is 9.89 Å². The van der Waals surface area contributed by atoms with Gasteiger partial charge in [-0.2, -0.15) is 0 Å². The maximum absolute atomic E-state index is 5.53. The summed E-state index contributed by atoms with van der Waals surface area (Å²) < 4.78 is 16.5. The number of hydrogen-bond donors (Lipinski definition) is 2. The maximum atomic E-state index is 5.53. The zero-order valence-electron chi connectivity index (χ0n) is 18.5. The molecule has 2 N–H and O–H groups in total. The summed E-state index contributed by atoms with van der Waals surface area (Å²) in [5.74, 6) is 3.03. The third-order valence-corrected chi connectivity index (χ3v) is 5.84. The van der Waals surface area contributed by atoms with Gasteiger partial charge < -0.3 is 24.8 Å². The monoisotopic (exact) mass is 404 g/mol. The van der Waals surface area contributed by atoms with Gasteiger partial charge in [0, 0.05) is 44.7 Å². The number of morpholine rings is 1. The van der Waals surface area contributed by atoms with Crippen molar-refractivity contribution < 1.29 is 14.2 Å². The van der Waals surface area contributed by atoms with E-state index in [0.29, 0.717) is 18.8 Å². The lowest BCUT2D eigenvalue weighted by Crippen LogP contribution is -2.53. The van der Waals surface area contributed by atoms with Crippen molar-refractivity contribution in [2.75, 3.05) is 53.2 Å². The van der Waals surface area contributed by atoms with Crippen LogP contribution in [0.25, 0.3) is 0 Å². The van der Waals surface area contributed by atoms with Crippen LogP contribution in [0.1, 0.15) is 33.3 Å². The Kier molecular flexibility index (Phi) is 7.24. The van der Waals surface area contributed by atoms with Crippen molar-refractivity contribution in [1.82, 2.24) is 15.5 Å². The highest BCUT2D eigenvalue weighted by molar-refractivity contribution is 5.79. The topological polar surface area (TPSA) is 67.4 Å². The Morgan fingerprint density at radius 2 is 1.86 bits per heavy atom. The number of nitrogens with one attached hydrogen (secondary N) is 2. The standard InChI is InChI=1S/C22H36N4O3/c1-16(2)18(26-8-10-27-11-9-26)13-24-21(23-5)25-14-22(3,4)17-6-7-19-20(12-17)29-15-28-19/h6-7,12,16,18H,8-11,13-15H2,1-5H3,(H2,23,24,25). The second kappa shape index (κ2) is 9.67. The molecule has 2 aliphatic heterocycles. The van der Waals surface area contributed by atoms with Crippen LogP contribution in [-0.4, -0.2) is 70.1 Å². The number of aliphatic imine (C=N–C) groups is 1. The summed E-state index contributed by atoms with van der Waals surface area (Å²) in [7, 11) is 1.82. The van der Waals surface area contributed by atoms with Crippen molar-refractivity contribution in [3.05, 3.63) is 23.8 Å². The summed E-state index contributed by atoms with van der Waals surface area (Å²) in [6.45, 7) is 14.5. The minimum atomic E-state index is -0.0831. The fourth-order valence-electron chi connectivity index (χ4n) is 3.84. The Balaban J connectivity index is 1.55. The number of hydrogen-bond acceptors (Lipinski definition) is 5. The number of rotatable bonds is 7. The molecule has 7 heteroatoms. The highest BCUT2D eigenvalue weighted by atomic mass is 16.7. The van der Waals surface area contributed by atoms with Crippen LogP contribution in [0.5, 0.6) is 11.5 Å². The zero-order chi connectivity index (χ0) is 20.9. The van der Waals surface area contributed by atoms with Crippen LogP contribution in [0.15, 0.2) is 23.2 Å². The van der Waals surface area contributed by atoms with E-state index in [1.54, 1.807) is 0 Å². The van der Waals surface area contributed by atoms with Gasteiger partial charge in [-0.1, -0.05) is 33.8 Å². The molecule has 3 rings (SSSR count). The Morgan fingerprint density at radius 3 is 2.55 bits per heavy atom. The molecule has 0 amide bonds. The summed E-state index contributed by atoms with van der Waals surface area (Å²) in [5, 5.41) is 7.02. The molecular formula is C22H36N4O3. The van der Waals surface area contributed by atoms with E-state index in [-0.39, 0.29) is 5.41 Å². The molecular weight excluding hydrogens is 368 g/mol. The van der Waals surface area contributed by atoms with Crippen molar-refractivity contribution in [1.29, 1.82) is 0 Å². The van der Waals surface area contributed by atoms with E-state index in [2.05, 4.69) is 60.4 Å². The summed E-state index contributed by atoms with van der Waals surface area (Å²) in [4.78, 5) is 6.94. The minimum Gasteiger partial charge on any atom is -0.454 e. The molecule has 0 radical (unpaired) electrons. The van der Waals surface area contributed by atoms with Gasteiger partial charge in [0.1, 0.15) is 0 Å². The molecule has 1 saturated heterocycles. The highest BCUT2D eigenvalue weighted by Crippen LogP contribution is 2.36. The Bertz CT molecular complexity index is 699. The molecule has 7 nitrogen and oxygen atoms in total. The molecule has 0 aliphatic carbocycles. The van der Waals surface area contributed by atoms with E-state index in [1.165, 1.54) is 5.56 Å². The zero-order valence-corrected chi connectivity index (χ0v) is 18.5. The van der Waals surface area contributed by atoms with Gasteiger partial charge in [-0.05, 0) is 23.6 Å². The van der Waals surface area contributed by atoms with Crippen LogP contribution < -0.4 is 20.1 Å². The van der Waals surface area contributed by atoms with Crippen molar-refractivity contribution in [2.45, 2.75) is 39.2 Å². The first-order valence-corrected chi connectivity index (χ1v) is 10.6. The number of guanidine groups is 1. The Labute approximate surface area is 174 Å². The molecule has 1 aromatic carbocycles. The lowest BCUT2D eigenvalue weighted by molar-refractivity contribution is 0.00752. The van der Waals surface area contributed by atoms with Gasteiger partial charge in [0.05, 0.1) is 13.2 Å². The molecule has 1 aromatic rings. The lowest BCUT2D eigenvalue weighted by Gasteiger charge is -2.37. The van der Waals surface area contributed by atoms with E-state index in [1.807, 2.05) is 13.1 Å². The van der Waals surface area contributed by atoms with Crippen molar-refractivity contribution in [3.63, 3.8) is 0 Å². The second-order valence-electron chi connectivity index (χ2n) is 8.72. The Hall–Kier alpha value is -1.99. The molecule has 0 spiro atoms. The first-order valence-electron chi connectivity index (χ1n) is 10.6. The third kappa shape index (κ3) is 5.54. The fraction of sp³-hybridized carbons (Fsp3) is 0.682. The summed E-state index contributed by atoms with van der Waals surface area (Å²) in [6.07, 6.45) is 0. The Morgan fingerprint density at radius 1 is 1.14 bits per heavy atom. The lowest BCUT2D eigenvalue weighted by atomic mass is 9.84. The van der Waals surface area contributed by atoms with Gasteiger partial charge in [0.2, 0.25) is 6.79 Å².